The maximum absolute atomic E-state index is 13.4. The highest BCUT2D eigenvalue weighted by atomic mass is 16.2. The molecule has 2 aromatic rings. The molecule has 0 unspecified atom stereocenters. The Balaban J connectivity index is 1.33. The van der Waals surface area contributed by atoms with E-state index in [0.29, 0.717) is 17.9 Å². The van der Waals surface area contributed by atoms with E-state index in [1.807, 2.05) is 48.5 Å². The zero-order chi connectivity index (χ0) is 21.4. The Bertz CT molecular complexity index is 1020. The minimum Gasteiger partial charge on any atom is -0.319 e. The minimum absolute atomic E-state index is 0.208. The van der Waals surface area contributed by atoms with Gasteiger partial charge in [0.1, 0.15) is 5.54 Å². The quantitative estimate of drug-likeness (QED) is 0.580. The van der Waals surface area contributed by atoms with Gasteiger partial charge in [0.2, 0.25) is 0 Å². The van der Waals surface area contributed by atoms with Crippen LogP contribution in [0, 0.1) is 0 Å². The maximum atomic E-state index is 13.4. The van der Waals surface area contributed by atoms with Crippen LogP contribution in [-0.4, -0.2) is 29.2 Å². The second kappa shape index (κ2) is 7.95. The molecule has 2 aromatic carbocycles. The molecule has 0 bridgehead atoms. The largest absolute Gasteiger partial charge is 0.325 e. The van der Waals surface area contributed by atoms with Crippen molar-refractivity contribution in [3.05, 3.63) is 70.8 Å². The number of carbonyl (C=O) groups excluding carboxylic acids is 3. The number of benzene rings is 2. The summed E-state index contributed by atoms with van der Waals surface area (Å²) in [5.74, 6) is 0.0618. The molecule has 1 heterocycles. The van der Waals surface area contributed by atoms with Gasteiger partial charge in [-0.15, -0.1) is 0 Å². The molecule has 3 aliphatic rings. The first-order chi connectivity index (χ1) is 15.1. The predicted molar refractivity (Wildman–Crippen MR) is 118 cm³/mol. The van der Waals surface area contributed by atoms with Crippen LogP contribution in [0.5, 0.6) is 0 Å². The Morgan fingerprint density at radius 1 is 0.968 bits per heavy atom. The molecule has 2 fully saturated rings. The number of hydrogen-bond acceptors (Lipinski definition) is 3. The predicted octanol–water partition coefficient (Wildman–Crippen LogP) is 4.70. The number of aryl methyl sites for hydroxylation is 1. The fraction of sp³-hybridized carbons (Fsp3) is 0.423. The molecule has 1 N–H and O–H groups in total. The van der Waals surface area contributed by atoms with Crippen molar-refractivity contribution in [2.24, 2.45) is 0 Å². The minimum atomic E-state index is -1.03. The molecule has 1 atom stereocenters. The third-order valence-electron chi connectivity index (χ3n) is 7.26. The van der Waals surface area contributed by atoms with Gasteiger partial charge >= 0.3 is 6.03 Å². The molecular weight excluding hydrogens is 388 g/mol. The Morgan fingerprint density at radius 3 is 2.48 bits per heavy atom. The van der Waals surface area contributed by atoms with Crippen molar-refractivity contribution in [1.29, 1.82) is 0 Å². The summed E-state index contributed by atoms with van der Waals surface area (Å²) in [6, 6.07) is 15.1. The molecule has 5 rings (SSSR count). The normalized spacial score (nSPS) is 23.7. The van der Waals surface area contributed by atoms with Crippen molar-refractivity contribution < 1.29 is 14.4 Å². The lowest BCUT2D eigenvalue weighted by molar-refractivity contribution is -0.131. The summed E-state index contributed by atoms with van der Waals surface area (Å²) < 4.78 is 0. The van der Waals surface area contributed by atoms with E-state index in [-0.39, 0.29) is 18.2 Å². The molecule has 2 aliphatic carbocycles. The van der Waals surface area contributed by atoms with Gasteiger partial charge in [0.25, 0.3) is 5.91 Å². The summed E-state index contributed by atoms with van der Waals surface area (Å²) in [7, 11) is 0. The van der Waals surface area contributed by atoms with Crippen LogP contribution in [0.3, 0.4) is 0 Å². The second-order valence-electron chi connectivity index (χ2n) is 9.12. The first-order valence-electron chi connectivity index (χ1n) is 11.4. The standard InChI is InChI=1S/C26H28N2O3/c29-23(21-14-12-19(13-15-21)18-7-2-1-3-8-18)17-28-24(30)26(27-25(28)31)16-6-10-20-9-4-5-11-22(20)26/h4-5,9,11-15,18H,1-3,6-8,10,16-17H2,(H,27,31)/t26-/m0/s1. The monoisotopic (exact) mass is 416 g/mol. The van der Waals surface area contributed by atoms with E-state index in [0.717, 1.165) is 28.9 Å². The zero-order valence-corrected chi connectivity index (χ0v) is 17.7. The van der Waals surface area contributed by atoms with E-state index in [1.165, 1.54) is 37.7 Å². The van der Waals surface area contributed by atoms with Crippen LogP contribution < -0.4 is 5.32 Å². The van der Waals surface area contributed by atoms with Crippen LogP contribution in [-0.2, 0) is 16.8 Å². The molecule has 0 radical (unpaired) electrons. The fourth-order valence-electron chi connectivity index (χ4n) is 5.57. The van der Waals surface area contributed by atoms with Crippen LogP contribution in [0.15, 0.2) is 48.5 Å². The van der Waals surface area contributed by atoms with Crippen molar-refractivity contribution in [2.75, 3.05) is 6.54 Å². The van der Waals surface area contributed by atoms with Gasteiger partial charge in [-0.2, -0.15) is 0 Å². The van der Waals surface area contributed by atoms with Crippen molar-refractivity contribution in [3.8, 4) is 0 Å². The van der Waals surface area contributed by atoms with Crippen LogP contribution in [0.1, 0.15) is 77.9 Å². The molecule has 160 valence electrons. The number of hydrogen-bond donors (Lipinski definition) is 1. The lowest BCUT2D eigenvalue weighted by Gasteiger charge is -2.33. The number of fused-ring (bicyclic) bond motifs is 2. The molecule has 31 heavy (non-hydrogen) atoms. The van der Waals surface area contributed by atoms with Gasteiger partial charge < -0.3 is 5.32 Å². The van der Waals surface area contributed by atoms with Crippen LogP contribution in [0.25, 0.3) is 0 Å². The lowest BCUT2D eigenvalue weighted by atomic mass is 9.76. The Labute approximate surface area is 182 Å². The third kappa shape index (κ3) is 3.46. The summed E-state index contributed by atoms with van der Waals surface area (Å²) >= 11 is 0. The SMILES string of the molecule is O=C(CN1C(=O)N[C@]2(CCCc3ccccc32)C1=O)c1ccc(C2CCCCC2)cc1. The summed E-state index contributed by atoms with van der Waals surface area (Å²) in [5.41, 5.74) is 2.76. The zero-order valence-electron chi connectivity index (χ0n) is 17.7. The molecular formula is C26H28N2O3. The van der Waals surface area contributed by atoms with E-state index >= 15 is 0 Å². The number of rotatable bonds is 4. The van der Waals surface area contributed by atoms with E-state index < -0.39 is 11.6 Å². The van der Waals surface area contributed by atoms with E-state index in [9.17, 15) is 14.4 Å². The molecule has 5 nitrogen and oxygen atoms in total. The highest BCUT2D eigenvalue weighted by Crippen LogP contribution is 2.40. The third-order valence-corrected chi connectivity index (χ3v) is 7.26. The number of amides is 3. The van der Waals surface area contributed by atoms with Gasteiger partial charge in [-0.1, -0.05) is 67.8 Å². The Morgan fingerprint density at radius 2 is 1.71 bits per heavy atom. The molecule has 3 amide bonds. The number of carbonyl (C=O) groups is 3. The summed E-state index contributed by atoms with van der Waals surface area (Å²) in [5, 5.41) is 2.92. The number of urea groups is 1. The first kappa shape index (κ1) is 20.0. The second-order valence-corrected chi connectivity index (χ2v) is 9.12. The van der Waals surface area contributed by atoms with E-state index in [1.54, 1.807) is 0 Å². The number of nitrogens with zero attached hydrogens (tertiary/aromatic N) is 1. The summed E-state index contributed by atoms with van der Waals surface area (Å²) in [6.07, 6.45) is 8.55. The van der Waals surface area contributed by atoms with Gasteiger partial charge in [0.05, 0.1) is 6.54 Å². The molecule has 1 saturated carbocycles. The number of Topliss-reactive ketones (excluding diaryl/α,β-unsaturated/α-hetero) is 1. The Kier molecular flexibility index (Phi) is 5.12. The average Bonchev–Trinajstić information content (AvgIpc) is 3.04. The molecule has 1 aliphatic heterocycles. The topological polar surface area (TPSA) is 66.5 Å². The van der Waals surface area contributed by atoms with Crippen LogP contribution >= 0.6 is 0 Å². The lowest BCUT2D eigenvalue weighted by Crippen LogP contribution is -2.46. The fourth-order valence-corrected chi connectivity index (χ4v) is 5.57. The highest BCUT2D eigenvalue weighted by molar-refractivity contribution is 6.11. The van der Waals surface area contributed by atoms with Gasteiger partial charge in [-0.3, -0.25) is 14.5 Å². The van der Waals surface area contributed by atoms with Gasteiger partial charge in [0.15, 0.2) is 5.78 Å². The van der Waals surface area contributed by atoms with Gasteiger partial charge in [0, 0.05) is 5.56 Å². The molecule has 5 heteroatoms. The van der Waals surface area contributed by atoms with Crippen LogP contribution in [0.4, 0.5) is 4.79 Å². The van der Waals surface area contributed by atoms with Crippen LogP contribution in [0.2, 0.25) is 0 Å². The first-order valence-corrected chi connectivity index (χ1v) is 11.4. The maximum Gasteiger partial charge on any atom is 0.325 e. The summed E-state index contributed by atoms with van der Waals surface area (Å²) in [4.78, 5) is 40.1. The Hall–Kier alpha value is -2.95. The van der Waals surface area contributed by atoms with Crippen molar-refractivity contribution >= 4 is 17.7 Å². The van der Waals surface area contributed by atoms with Gasteiger partial charge in [-0.25, -0.2) is 4.79 Å². The highest BCUT2D eigenvalue weighted by Gasteiger charge is 2.54. The molecule has 1 saturated heterocycles. The van der Waals surface area contributed by atoms with E-state index in [4.69, 9.17) is 0 Å². The molecule has 0 aromatic heterocycles. The van der Waals surface area contributed by atoms with Crippen molar-refractivity contribution in [2.45, 2.75) is 62.8 Å². The number of nitrogens with one attached hydrogen (secondary N) is 1. The smallest absolute Gasteiger partial charge is 0.319 e. The average molecular weight is 417 g/mol. The number of imide groups is 1. The number of ketones is 1. The van der Waals surface area contributed by atoms with Crippen molar-refractivity contribution in [3.63, 3.8) is 0 Å². The summed E-state index contributed by atoms with van der Waals surface area (Å²) in [6.45, 7) is -0.225. The van der Waals surface area contributed by atoms with E-state index in [2.05, 4.69) is 5.32 Å². The molecule has 1 spiro atoms. The van der Waals surface area contributed by atoms with Crippen molar-refractivity contribution in [1.82, 2.24) is 10.2 Å². The van der Waals surface area contributed by atoms with Gasteiger partial charge in [-0.05, 0) is 54.7 Å².